The summed E-state index contributed by atoms with van der Waals surface area (Å²) in [5.74, 6) is 0.926. The fourth-order valence-corrected chi connectivity index (χ4v) is 5.60. The van der Waals surface area contributed by atoms with Crippen LogP contribution in [0.1, 0.15) is 68.9 Å². The Labute approximate surface area is 133 Å². The highest BCUT2D eigenvalue weighted by Crippen LogP contribution is 2.43. The Bertz CT molecular complexity index is 470. The fraction of sp³-hybridized carbons (Fsp3) is 0.778. The van der Waals surface area contributed by atoms with Crippen LogP contribution in [0, 0.1) is 5.92 Å². The van der Waals surface area contributed by atoms with Gasteiger partial charge in [-0.15, -0.1) is 11.3 Å². The first-order chi connectivity index (χ1) is 10.2. The van der Waals surface area contributed by atoms with Crippen LogP contribution in [0.25, 0.3) is 0 Å². The van der Waals surface area contributed by atoms with Gasteiger partial charge >= 0.3 is 0 Å². The molecule has 3 rings (SSSR count). The van der Waals surface area contributed by atoms with Gasteiger partial charge in [0.15, 0.2) is 0 Å². The third-order valence-corrected chi connectivity index (χ3v) is 7.11. The van der Waals surface area contributed by atoms with E-state index in [1.54, 1.807) is 10.4 Å². The molecule has 2 aliphatic rings. The second kappa shape index (κ2) is 6.39. The van der Waals surface area contributed by atoms with Crippen molar-refractivity contribution in [3.05, 3.63) is 21.9 Å². The zero-order chi connectivity index (χ0) is 14.9. The van der Waals surface area contributed by atoms with Gasteiger partial charge in [-0.25, -0.2) is 0 Å². The topological polar surface area (TPSA) is 29.3 Å². The van der Waals surface area contributed by atoms with E-state index < -0.39 is 0 Å². The second-order valence-corrected chi connectivity index (χ2v) is 8.05. The predicted molar refractivity (Wildman–Crippen MR) is 91.8 cm³/mol. The number of thiophene rings is 1. The zero-order valence-electron chi connectivity index (χ0n) is 13.6. The molecule has 0 spiro atoms. The first kappa shape index (κ1) is 15.5. The SMILES string of the molecule is CCC1CCCC(CN)(N2CCc3sccc3C2C)CC1. The van der Waals surface area contributed by atoms with Crippen molar-refractivity contribution in [2.45, 2.75) is 70.4 Å². The highest BCUT2D eigenvalue weighted by atomic mass is 32.1. The minimum atomic E-state index is 0.253. The van der Waals surface area contributed by atoms with Gasteiger partial charge in [-0.3, -0.25) is 4.90 Å². The summed E-state index contributed by atoms with van der Waals surface area (Å²) in [5, 5.41) is 2.26. The van der Waals surface area contributed by atoms with Crippen LogP contribution in [0.4, 0.5) is 0 Å². The van der Waals surface area contributed by atoms with E-state index in [-0.39, 0.29) is 5.54 Å². The molecule has 118 valence electrons. The lowest BCUT2D eigenvalue weighted by molar-refractivity contribution is 0.0341. The van der Waals surface area contributed by atoms with Crippen LogP contribution in [-0.4, -0.2) is 23.5 Å². The van der Waals surface area contributed by atoms with E-state index in [2.05, 4.69) is 30.2 Å². The van der Waals surface area contributed by atoms with E-state index in [0.29, 0.717) is 6.04 Å². The van der Waals surface area contributed by atoms with Crippen molar-refractivity contribution in [3.8, 4) is 0 Å². The first-order valence-corrected chi connectivity index (χ1v) is 9.61. The van der Waals surface area contributed by atoms with E-state index in [9.17, 15) is 0 Å². The van der Waals surface area contributed by atoms with Crippen LogP contribution in [0.15, 0.2) is 11.4 Å². The molecule has 2 nitrogen and oxygen atoms in total. The molecule has 3 unspecified atom stereocenters. The van der Waals surface area contributed by atoms with Gasteiger partial charge in [-0.2, -0.15) is 0 Å². The number of nitrogens with zero attached hydrogens (tertiary/aromatic N) is 1. The number of hydrogen-bond acceptors (Lipinski definition) is 3. The number of rotatable bonds is 3. The van der Waals surface area contributed by atoms with Crippen molar-refractivity contribution in [1.82, 2.24) is 4.90 Å². The summed E-state index contributed by atoms with van der Waals surface area (Å²) in [4.78, 5) is 4.37. The smallest absolute Gasteiger partial charge is 0.0338 e. The monoisotopic (exact) mass is 306 g/mol. The van der Waals surface area contributed by atoms with Gasteiger partial charge in [0.1, 0.15) is 0 Å². The third kappa shape index (κ3) is 2.80. The van der Waals surface area contributed by atoms with Gasteiger partial charge in [0.25, 0.3) is 0 Å². The molecule has 0 aromatic carbocycles. The van der Waals surface area contributed by atoms with Crippen molar-refractivity contribution in [3.63, 3.8) is 0 Å². The Morgan fingerprint density at radius 1 is 1.38 bits per heavy atom. The summed E-state index contributed by atoms with van der Waals surface area (Å²) in [6, 6.07) is 2.88. The summed E-state index contributed by atoms with van der Waals surface area (Å²) in [6.07, 6.45) is 9.28. The molecule has 0 saturated heterocycles. The standard InChI is InChI=1S/C18H30N2S/c1-3-15-5-4-9-18(13-19,10-6-15)20-11-7-17-16(14(20)2)8-12-21-17/h8,12,14-15H,3-7,9-11,13,19H2,1-2H3. The summed E-state index contributed by atoms with van der Waals surface area (Å²) >= 11 is 1.93. The van der Waals surface area contributed by atoms with Crippen molar-refractivity contribution in [2.24, 2.45) is 11.7 Å². The lowest BCUT2D eigenvalue weighted by Crippen LogP contribution is -2.56. The summed E-state index contributed by atoms with van der Waals surface area (Å²) < 4.78 is 0. The first-order valence-electron chi connectivity index (χ1n) is 8.73. The molecule has 0 radical (unpaired) electrons. The zero-order valence-corrected chi connectivity index (χ0v) is 14.4. The van der Waals surface area contributed by atoms with Crippen LogP contribution in [0.5, 0.6) is 0 Å². The maximum atomic E-state index is 6.34. The maximum absolute atomic E-state index is 6.34. The Balaban J connectivity index is 1.83. The molecule has 0 bridgehead atoms. The van der Waals surface area contributed by atoms with Crippen LogP contribution in [0.3, 0.4) is 0 Å². The lowest BCUT2D eigenvalue weighted by Gasteiger charge is -2.48. The molecule has 1 aliphatic carbocycles. The van der Waals surface area contributed by atoms with E-state index in [1.165, 1.54) is 51.5 Å². The van der Waals surface area contributed by atoms with Gasteiger partial charge in [-0.05, 0) is 55.5 Å². The lowest BCUT2D eigenvalue weighted by atomic mass is 9.83. The minimum Gasteiger partial charge on any atom is -0.329 e. The molecule has 2 N–H and O–H groups in total. The average Bonchev–Trinajstić information content (AvgIpc) is 2.89. The quantitative estimate of drug-likeness (QED) is 0.841. The number of fused-ring (bicyclic) bond motifs is 1. The van der Waals surface area contributed by atoms with E-state index in [1.807, 2.05) is 11.3 Å². The summed E-state index contributed by atoms with van der Waals surface area (Å²) in [7, 11) is 0. The van der Waals surface area contributed by atoms with E-state index >= 15 is 0 Å². The highest BCUT2D eigenvalue weighted by molar-refractivity contribution is 7.10. The van der Waals surface area contributed by atoms with Crippen molar-refractivity contribution < 1.29 is 0 Å². The van der Waals surface area contributed by atoms with Crippen LogP contribution < -0.4 is 5.73 Å². The molecule has 0 amide bonds. The maximum Gasteiger partial charge on any atom is 0.0338 e. The molecule has 1 aromatic rings. The number of hydrogen-bond donors (Lipinski definition) is 1. The van der Waals surface area contributed by atoms with Gasteiger partial charge in [-0.1, -0.05) is 26.2 Å². The van der Waals surface area contributed by atoms with Gasteiger partial charge in [0, 0.05) is 29.5 Å². The molecule has 1 fully saturated rings. The number of nitrogens with two attached hydrogens (primary N) is 1. The molecule has 1 saturated carbocycles. The van der Waals surface area contributed by atoms with Crippen LogP contribution in [0.2, 0.25) is 0 Å². The van der Waals surface area contributed by atoms with Crippen molar-refractivity contribution in [1.29, 1.82) is 0 Å². The van der Waals surface area contributed by atoms with Gasteiger partial charge in [0.05, 0.1) is 0 Å². The molecule has 2 heterocycles. The molecular formula is C18H30N2S. The normalized spacial score (nSPS) is 34.4. The Morgan fingerprint density at radius 2 is 2.24 bits per heavy atom. The summed E-state index contributed by atoms with van der Waals surface area (Å²) in [6.45, 7) is 6.77. The summed E-state index contributed by atoms with van der Waals surface area (Å²) in [5.41, 5.74) is 8.16. The molecule has 3 atom stereocenters. The van der Waals surface area contributed by atoms with Crippen molar-refractivity contribution in [2.75, 3.05) is 13.1 Å². The molecule has 3 heteroatoms. The predicted octanol–water partition coefficient (Wildman–Crippen LogP) is 4.36. The van der Waals surface area contributed by atoms with Crippen LogP contribution >= 0.6 is 11.3 Å². The minimum absolute atomic E-state index is 0.253. The Morgan fingerprint density at radius 3 is 3.00 bits per heavy atom. The molecule has 1 aliphatic heterocycles. The molecule has 1 aromatic heterocycles. The second-order valence-electron chi connectivity index (χ2n) is 7.05. The third-order valence-electron chi connectivity index (χ3n) is 6.12. The van der Waals surface area contributed by atoms with E-state index in [4.69, 9.17) is 5.73 Å². The highest BCUT2D eigenvalue weighted by Gasteiger charge is 2.41. The largest absolute Gasteiger partial charge is 0.329 e. The van der Waals surface area contributed by atoms with Crippen LogP contribution in [-0.2, 0) is 6.42 Å². The van der Waals surface area contributed by atoms with Gasteiger partial charge < -0.3 is 5.73 Å². The van der Waals surface area contributed by atoms with Crippen molar-refractivity contribution >= 4 is 11.3 Å². The fourth-order valence-electron chi connectivity index (χ4n) is 4.64. The Kier molecular flexibility index (Phi) is 4.72. The average molecular weight is 307 g/mol. The Hall–Kier alpha value is -0.380. The molecular weight excluding hydrogens is 276 g/mol. The molecule has 21 heavy (non-hydrogen) atoms. The van der Waals surface area contributed by atoms with Gasteiger partial charge in [0.2, 0.25) is 0 Å². The van der Waals surface area contributed by atoms with E-state index in [0.717, 1.165) is 12.5 Å².